The van der Waals surface area contributed by atoms with E-state index >= 15 is 0 Å². The zero-order valence-electron chi connectivity index (χ0n) is 24.1. The summed E-state index contributed by atoms with van der Waals surface area (Å²) < 4.78 is 7.27. The first-order valence-electron chi connectivity index (χ1n) is 13.6. The fourth-order valence-electron chi connectivity index (χ4n) is 4.99. The lowest BCUT2D eigenvalue weighted by molar-refractivity contribution is 0.0631. The van der Waals surface area contributed by atoms with E-state index in [0.717, 1.165) is 0 Å². The maximum atomic E-state index is 14.1. The van der Waals surface area contributed by atoms with Gasteiger partial charge in [0.25, 0.3) is 11.5 Å². The third-order valence-corrected chi connectivity index (χ3v) is 7.01. The predicted molar refractivity (Wildman–Crippen MR) is 158 cm³/mol. The Kier molecular flexibility index (Phi) is 8.24. The largest absolute Gasteiger partial charge is 0.495 e. The number of hydrogen-bond donors (Lipinski definition) is 0. The predicted octanol–water partition coefficient (Wildman–Crippen LogP) is 6.94. The number of hydrogen-bond acceptors (Lipinski definition) is 4. The second kappa shape index (κ2) is 11.4. The van der Waals surface area contributed by atoms with E-state index in [1.165, 1.54) is 5.56 Å². The molecule has 0 bridgehead atoms. The number of carbonyl (C=O) groups is 1. The third kappa shape index (κ3) is 5.75. The Bertz CT molecular complexity index is 1510. The lowest BCUT2D eigenvalue weighted by Crippen LogP contribution is -2.40. The van der Waals surface area contributed by atoms with Gasteiger partial charge in [-0.05, 0) is 59.7 Å². The van der Waals surface area contributed by atoms with Gasteiger partial charge in [0, 0.05) is 12.1 Å². The van der Waals surface area contributed by atoms with Crippen molar-refractivity contribution in [2.45, 2.75) is 59.4 Å². The van der Waals surface area contributed by atoms with Crippen molar-refractivity contribution in [1.82, 2.24) is 14.5 Å². The Labute approximate surface area is 231 Å². The molecule has 6 heteroatoms. The summed E-state index contributed by atoms with van der Waals surface area (Å²) in [5.41, 5.74) is 2.80. The van der Waals surface area contributed by atoms with Gasteiger partial charge in [0.05, 0.1) is 29.7 Å². The van der Waals surface area contributed by atoms with E-state index in [2.05, 4.69) is 34.6 Å². The first kappa shape index (κ1) is 28.1. The normalized spacial score (nSPS) is 12.5. The molecule has 1 atom stereocenters. The summed E-state index contributed by atoms with van der Waals surface area (Å²) in [4.78, 5) is 35.0. The second-order valence-corrected chi connectivity index (χ2v) is 11.4. The Morgan fingerprint density at radius 2 is 1.62 bits per heavy atom. The Morgan fingerprint density at radius 3 is 2.23 bits per heavy atom. The van der Waals surface area contributed by atoms with Crippen molar-refractivity contribution in [2.24, 2.45) is 5.92 Å². The Morgan fingerprint density at radius 1 is 0.974 bits per heavy atom. The van der Waals surface area contributed by atoms with E-state index in [9.17, 15) is 9.59 Å². The van der Waals surface area contributed by atoms with Crippen LogP contribution in [0.3, 0.4) is 0 Å². The number of carbonyl (C=O) groups excluding carboxylic acids is 1. The number of amides is 1. The number of ether oxygens (including phenoxy) is 1. The molecule has 4 aromatic rings. The summed E-state index contributed by atoms with van der Waals surface area (Å²) in [6, 6.07) is 22.2. The molecule has 1 heterocycles. The van der Waals surface area contributed by atoms with Crippen LogP contribution in [0.4, 0.5) is 0 Å². The van der Waals surface area contributed by atoms with Crippen molar-refractivity contribution in [3.05, 3.63) is 100 Å². The van der Waals surface area contributed by atoms with Gasteiger partial charge in [-0.1, -0.05) is 77.9 Å². The number of rotatable bonds is 8. The van der Waals surface area contributed by atoms with Crippen molar-refractivity contribution in [3.8, 4) is 11.4 Å². The molecule has 0 aliphatic rings. The van der Waals surface area contributed by atoms with Crippen LogP contribution >= 0.6 is 0 Å². The minimum atomic E-state index is -0.440. The molecule has 0 saturated carbocycles. The highest BCUT2D eigenvalue weighted by Crippen LogP contribution is 2.31. The highest BCUT2D eigenvalue weighted by molar-refractivity contribution is 5.94. The van der Waals surface area contributed by atoms with Crippen LogP contribution in [0, 0.1) is 5.92 Å². The summed E-state index contributed by atoms with van der Waals surface area (Å²) in [6.07, 6.45) is 0.582. The van der Waals surface area contributed by atoms with E-state index in [-0.39, 0.29) is 22.8 Å². The molecule has 204 valence electrons. The molecule has 0 radical (unpaired) electrons. The van der Waals surface area contributed by atoms with Crippen LogP contribution < -0.4 is 10.3 Å². The molecule has 0 saturated heterocycles. The molecule has 3 aromatic carbocycles. The molecule has 6 nitrogen and oxygen atoms in total. The summed E-state index contributed by atoms with van der Waals surface area (Å²) in [6.45, 7) is 13.2. The fourth-order valence-corrected chi connectivity index (χ4v) is 4.99. The zero-order valence-corrected chi connectivity index (χ0v) is 24.1. The summed E-state index contributed by atoms with van der Waals surface area (Å²) in [7, 11) is 1.59. The monoisotopic (exact) mass is 525 g/mol. The Balaban J connectivity index is 1.93. The van der Waals surface area contributed by atoms with Gasteiger partial charge < -0.3 is 9.64 Å². The van der Waals surface area contributed by atoms with Crippen LogP contribution in [-0.4, -0.2) is 34.0 Å². The summed E-state index contributed by atoms with van der Waals surface area (Å²) >= 11 is 0. The van der Waals surface area contributed by atoms with Crippen molar-refractivity contribution < 1.29 is 9.53 Å². The van der Waals surface area contributed by atoms with Gasteiger partial charge >= 0.3 is 0 Å². The molecule has 1 unspecified atom stereocenters. The van der Waals surface area contributed by atoms with Crippen LogP contribution in [0.15, 0.2) is 77.6 Å². The molecule has 0 aliphatic heterocycles. The molecule has 39 heavy (non-hydrogen) atoms. The first-order valence-corrected chi connectivity index (χ1v) is 13.6. The number of methoxy groups -OCH3 is 1. The van der Waals surface area contributed by atoms with E-state index in [0.29, 0.717) is 46.7 Å². The van der Waals surface area contributed by atoms with Crippen molar-refractivity contribution in [1.29, 1.82) is 0 Å². The van der Waals surface area contributed by atoms with Gasteiger partial charge in [-0.15, -0.1) is 0 Å². The number of nitrogens with zero attached hydrogens (tertiary/aromatic N) is 3. The topological polar surface area (TPSA) is 64.4 Å². The zero-order chi connectivity index (χ0) is 28.3. The van der Waals surface area contributed by atoms with E-state index < -0.39 is 6.04 Å². The minimum Gasteiger partial charge on any atom is -0.495 e. The molecule has 0 spiro atoms. The SMILES string of the molecule is CCC(c1nc2ccccc2c(=O)n1-c1ccccc1OC)N(CC(C)C)C(=O)c1ccc(C(C)(C)C)cc1. The van der Waals surface area contributed by atoms with Crippen LogP contribution in [0.5, 0.6) is 5.75 Å². The number of benzene rings is 3. The molecule has 4 rings (SSSR count). The van der Waals surface area contributed by atoms with E-state index in [1.807, 2.05) is 78.6 Å². The Hall–Kier alpha value is -3.93. The minimum absolute atomic E-state index is 0.00895. The van der Waals surface area contributed by atoms with Crippen molar-refractivity contribution in [2.75, 3.05) is 13.7 Å². The van der Waals surface area contributed by atoms with Crippen LogP contribution in [-0.2, 0) is 5.41 Å². The van der Waals surface area contributed by atoms with Crippen LogP contribution in [0.25, 0.3) is 16.6 Å². The summed E-state index contributed by atoms with van der Waals surface area (Å²) in [5.74, 6) is 1.21. The maximum Gasteiger partial charge on any atom is 0.266 e. The molecule has 0 fully saturated rings. The standard InChI is InChI=1S/C33H39N3O3/c1-8-27(35(21-22(2)3)31(37)23-17-19-24(20-18-23)33(4,5)6)30-34-26-14-10-9-13-25(26)32(38)36(30)28-15-11-12-16-29(28)39-7/h9-20,22,27H,8,21H2,1-7H3. The lowest BCUT2D eigenvalue weighted by atomic mass is 9.86. The van der Waals surface area contributed by atoms with E-state index in [4.69, 9.17) is 9.72 Å². The van der Waals surface area contributed by atoms with Gasteiger partial charge in [0.15, 0.2) is 0 Å². The lowest BCUT2D eigenvalue weighted by Gasteiger charge is -2.34. The summed E-state index contributed by atoms with van der Waals surface area (Å²) in [5, 5.41) is 0.515. The van der Waals surface area contributed by atoms with Crippen molar-refractivity contribution in [3.63, 3.8) is 0 Å². The smallest absolute Gasteiger partial charge is 0.266 e. The molecule has 0 N–H and O–H groups in total. The van der Waals surface area contributed by atoms with Crippen LogP contribution in [0.2, 0.25) is 0 Å². The van der Waals surface area contributed by atoms with Crippen molar-refractivity contribution >= 4 is 16.8 Å². The van der Waals surface area contributed by atoms with E-state index in [1.54, 1.807) is 17.7 Å². The molecular weight excluding hydrogens is 486 g/mol. The average Bonchev–Trinajstić information content (AvgIpc) is 2.92. The maximum absolute atomic E-state index is 14.1. The van der Waals surface area contributed by atoms with Gasteiger partial charge in [-0.3, -0.25) is 14.2 Å². The third-order valence-electron chi connectivity index (χ3n) is 7.01. The van der Waals surface area contributed by atoms with Gasteiger partial charge in [0.1, 0.15) is 11.6 Å². The van der Waals surface area contributed by atoms with Crippen LogP contribution in [0.1, 0.15) is 75.8 Å². The highest BCUT2D eigenvalue weighted by Gasteiger charge is 2.31. The second-order valence-electron chi connectivity index (χ2n) is 11.4. The number of fused-ring (bicyclic) bond motifs is 1. The van der Waals surface area contributed by atoms with Gasteiger partial charge in [-0.25, -0.2) is 4.98 Å². The van der Waals surface area contributed by atoms with Gasteiger partial charge in [-0.2, -0.15) is 0 Å². The fraction of sp³-hybridized carbons (Fsp3) is 0.364. The van der Waals surface area contributed by atoms with Gasteiger partial charge in [0.2, 0.25) is 0 Å². The number of para-hydroxylation sites is 3. The quantitative estimate of drug-likeness (QED) is 0.250. The molecular formula is C33H39N3O3. The molecule has 0 aliphatic carbocycles. The molecule has 1 amide bonds. The average molecular weight is 526 g/mol. The molecule has 1 aromatic heterocycles. The highest BCUT2D eigenvalue weighted by atomic mass is 16.5. The first-order chi connectivity index (χ1) is 18.6. The number of aromatic nitrogens is 2.